The monoisotopic (exact) mass is 399 g/mol. The van der Waals surface area contributed by atoms with Crippen LogP contribution in [0.15, 0.2) is 40.6 Å². The highest BCUT2D eigenvalue weighted by Gasteiger charge is 2.31. The van der Waals surface area contributed by atoms with Gasteiger partial charge in [0.25, 0.3) is 0 Å². The van der Waals surface area contributed by atoms with E-state index in [0.717, 1.165) is 46.9 Å². The van der Waals surface area contributed by atoms with Crippen LogP contribution >= 0.6 is 23.4 Å². The van der Waals surface area contributed by atoms with Gasteiger partial charge in [0.2, 0.25) is 0 Å². The van der Waals surface area contributed by atoms with Crippen molar-refractivity contribution in [2.75, 3.05) is 0 Å². The molecule has 0 radical (unpaired) electrons. The molecule has 3 aromatic rings. The largest absolute Gasteiger partial charge is 0.417 e. The van der Waals surface area contributed by atoms with Crippen molar-refractivity contribution < 1.29 is 18.0 Å². The maximum absolute atomic E-state index is 12.8. The van der Waals surface area contributed by atoms with Gasteiger partial charge >= 0.3 is 6.18 Å². The molecule has 3 rings (SSSR count). The molecule has 136 valence electrons. The highest BCUT2D eigenvalue weighted by molar-refractivity contribution is 7.99. The van der Waals surface area contributed by atoms with Gasteiger partial charge in [-0.15, -0.1) is 0 Å². The van der Waals surface area contributed by atoms with Crippen LogP contribution in [0.3, 0.4) is 0 Å². The zero-order valence-corrected chi connectivity index (χ0v) is 15.1. The number of carbonyl (C=O) groups is 1. The lowest BCUT2D eigenvalue weighted by molar-refractivity contribution is -0.137. The summed E-state index contributed by atoms with van der Waals surface area (Å²) in [6.45, 7) is 2.34. The van der Waals surface area contributed by atoms with Gasteiger partial charge in [-0.05, 0) is 42.4 Å². The number of aldehydes is 1. The molecule has 0 aliphatic rings. The molecular weight excluding hydrogens is 387 g/mol. The number of imidazole rings is 1. The molecule has 0 N–H and O–H groups in total. The van der Waals surface area contributed by atoms with E-state index in [2.05, 4.69) is 9.97 Å². The van der Waals surface area contributed by atoms with Crippen molar-refractivity contribution in [3.05, 3.63) is 46.6 Å². The second-order valence-corrected chi connectivity index (χ2v) is 6.97. The quantitative estimate of drug-likeness (QED) is 0.556. The lowest BCUT2D eigenvalue weighted by Gasteiger charge is -2.10. The second kappa shape index (κ2) is 7.28. The van der Waals surface area contributed by atoms with E-state index in [1.807, 2.05) is 29.7 Å². The van der Waals surface area contributed by atoms with Crippen molar-refractivity contribution in [1.29, 1.82) is 0 Å². The number of hydrogen-bond donors (Lipinski definition) is 0. The van der Waals surface area contributed by atoms with E-state index < -0.39 is 11.7 Å². The first kappa shape index (κ1) is 18.7. The first-order valence-corrected chi connectivity index (χ1v) is 8.80. The predicted octanol–water partition coefficient (Wildman–Crippen LogP) is 5.15. The average Bonchev–Trinajstić information content (AvgIpc) is 2.90. The molecule has 2 aromatic heterocycles. The molecule has 0 bridgehead atoms. The first-order valence-electron chi connectivity index (χ1n) is 7.60. The van der Waals surface area contributed by atoms with E-state index in [0.29, 0.717) is 18.1 Å². The van der Waals surface area contributed by atoms with Crippen LogP contribution in [0.5, 0.6) is 0 Å². The Labute approximate surface area is 156 Å². The number of benzene rings is 1. The van der Waals surface area contributed by atoms with Crippen LogP contribution in [0.4, 0.5) is 13.2 Å². The number of pyridine rings is 1. The third-order valence-electron chi connectivity index (χ3n) is 3.66. The summed E-state index contributed by atoms with van der Waals surface area (Å²) in [5.41, 5.74) is 1.70. The minimum Gasteiger partial charge on any atom is -0.318 e. The summed E-state index contributed by atoms with van der Waals surface area (Å²) >= 11 is 7.06. The molecule has 0 saturated carbocycles. The highest BCUT2D eigenvalue weighted by Crippen LogP contribution is 2.37. The van der Waals surface area contributed by atoms with E-state index in [1.54, 1.807) is 0 Å². The molecule has 1 aromatic carbocycles. The summed E-state index contributed by atoms with van der Waals surface area (Å²) < 4.78 is 40.1. The number of alkyl halides is 3. The fraction of sp³-hybridized carbons (Fsp3) is 0.235. The second-order valence-electron chi connectivity index (χ2n) is 5.60. The molecule has 0 unspecified atom stereocenters. The topological polar surface area (TPSA) is 47.8 Å². The van der Waals surface area contributed by atoms with Crippen LogP contribution in [-0.2, 0) is 17.5 Å². The molecule has 0 spiro atoms. The third kappa shape index (κ3) is 3.86. The number of aromatic nitrogens is 3. The van der Waals surface area contributed by atoms with E-state index in [-0.39, 0.29) is 10.0 Å². The fourth-order valence-electron chi connectivity index (χ4n) is 2.44. The van der Waals surface area contributed by atoms with E-state index in [4.69, 9.17) is 11.6 Å². The summed E-state index contributed by atoms with van der Waals surface area (Å²) in [4.78, 5) is 19.1. The van der Waals surface area contributed by atoms with Gasteiger partial charge in [0.15, 0.2) is 5.16 Å². The number of fused-ring (bicyclic) bond motifs is 1. The first-order chi connectivity index (χ1) is 12.3. The van der Waals surface area contributed by atoms with E-state index in [1.165, 1.54) is 0 Å². The Kier molecular flexibility index (Phi) is 5.24. The number of halogens is 4. The van der Waals surface area contributed by atoms with Gasteiger partial charge in [0, 0.05) is 19.2 Å². The van der Waals surface area contributed by atoms with Crippen LogP contribution in [-0.4, -0.2) is 20.8 Å². The van der Waals surface area contributed by atoms with Gasteiger partial charge in [-0.1, -0.05) is 17.7 Å². The lowest BCUT2D eigenvalue weighted by atomic mass is 10.2. The zero-order valence-electron chi connectivity index (χ0n) is 13.5. The SMILES string of the molecule is Cc1ccc2c(c1)nc(Sc1ncc(C(F)(F)F)cc1Cl)n2CCC=O. The van der Waals surface area contributed by atoms with Crippen LogP contribution in [0.2, 0.25) is 5.02 Å². The molecular formula is C17H13ClF3N3OS. The Morgan fingerprint density at radius 1 is 1.31 bits per heavy atom. The molecule has 26 heavy (non-hydrogen) atoms. The normalized spacial score (nSPS) is 11.9. The molecule has 0 atom stereocenters. The summed E-state index contributed by atoms with van der Waals surface area (Å²) in [5.74, 6) is 0. The standard InChI is InChI=1S/C17H13ClF3N3OS/c1-10-3-4-14-13(7-10)23-16(24(14)5-2-6-25)26-15-12(18)8-11(9-22-15)17(19,20)21/h3-4,6-9H,2,5H2,1H3. The van der Waals surface area contributed by atoms with Gasteiger partial charge in [-0.3, -0.25) is 0 Å². The molecule has 0 amide bonds. The Balaban J connectivity index is 2.01. The van der Waals surface area contributed by atoms with Gasteiger partial charge in [-0.2, -0.15) is 13.2 Å². The van der Waals surface area contributed by atoms with Crippen molar-refractivity contribution in [2.24, 2.45) is 0 Å². The van der Waals surface area contributed by atoms with Gasteiger partial charge in [0.05, 0.1) is 21.6 Å². The number of rotatable bonds is 5. The van der Waals surface area contributed by atoms with Crippen LogP contribution in [0.25, 0.3) is 11.0 Å². The number of aryl methyl sites for hydroxylation is 2. The van der Waals surface area contributed by atoms with Crippen molar-refractivity contribution in [3.8, 4) is 0 Å². The molecule has 4 nitrogen and oxygen atoms in total. The summed E-state index contributed by atoms with van der Waals surface area (Å²) in [5, 5.41) is 0.635. The Morgan fingerprint density at radius 3 is 2.73 bits per heavy atom. The van der Waals surface area contributed by atoms with Crippen LogP contribution in [0, 0.1) is 6.92 Å². The predicted molar refractivity (Wildman–Crippen MR) is 93.5 cm³/mol. The molecule has 0 aliphatic heterocycles. The summed E-state index contributed by atoms with van der Waals surface area (Å²) in [6, 6.07) is 6.57. The van der Waals surface area contributed by atoms with E-state index >= 15 is 0 Å². The maximum Gasteiger partial charge on any atom is 0.417 e. The van der Waals surface area contributed by atoms with Crippen LogP contribution in [0.1, 0.15) is 17.5 Å². The number of nitrogens with zero attached hydrogens (tertiary/aromatic N) is 3. The number of carbonyl (C=O) groups excluding carboxylic acids is 1. The van der Waals surface area contributed by atoms with Crippen molar-refractivity contribution in [2.45, 2.75) is 36.2 Å². The van der Waals surface area contributed by atoms with Gasteiger partial charge in [0.1, 0.15) is 11.3 Å². The molecule has 0 saturated heterocycles. The Morgan fingerprint density at radius 2 is 2.08 bits per heavy atom. The van der Waals surface area contributed by atoms with Crippen molar-refractivity contribution >= 4 is 40.7 Å². The molecule has 0 aliphatic carbocycles. The van der Waals surface area contributed by atoms with Crippen molar-refractivity contribution in [3.63, 3.8) is 0 Å². The Bertz CT molecular complexity index is 972. The van der Waals surface area contributed by atoms with E-state index in [9.17, 15) is 18.0 Å². The average molecular weight is 400 g/mol. The Hall–Kier alpha value is -2.06. The molecule has 0 fully saturated rings. The minimum atomic E-state index is -4.51. The minimum absolute atomic E-state index is 0.102. The summed E-state index contributed by atoms with van der Waals surface area (Å²) in [7, 11) is 0. The van der Waals surface area contributed by atoms with Crippen molar-refractivity contribution in [1.82, 2.24) is 14.5 Å². The van der Waals surface area contributed by atoms with Gasteiger partial charge in [-0.25, -0.2) is 9.97 Å². The smallest absolute Gasteiger partial charge is 0.318 e. The zero-order chi connectivity index (χ0) is 18.9. The molecule has 2 heterocycles. The fourth-order valence-corrected chi connectivity index (χ4v) is 3.60. The highest BCUT2D eigenvalue weighted by atomic mass is 35.5. The molecule has 9 heteroatoms. The van der Waals surface area contributed by atoms with Gasteiger partial charge < -0.3 is 9.36 Å². The summed E-state index contributed by atoms with van der Waals surface area (Å²) in [6.07, 6.45) is -2.66. The lowest BCUT2D eigenvalue weighted by Crippen LogP contribution is -2.06. The third-order valence-corrected chi connectivity index (χ3v) is 5.08. The number of hydrogen-bond acceptors (Lipinski definition) is 4. The maximum atomic E-state index is 12.8. The van der Waals surface area contributed by atoms with Crippen LogP contribution < -0.4 is 0 Å².